The van der Waals surface area contributed by atoms with E-state index in [1.165, 1.54) is 5.56 Å². The van der Waals surface area contributed by atoms with Crippen LogP contribution in [0.5, 0.6) is 0 Å². The molecule has 25 heavy (non-hydrogen) atoms. The van der Waals surface area contributed by atoms with Gasteiger partial charge < -0.3 is 14.7 Å². The van der Waals surface area contributed by atoms with Crippen LogP contribution in [-0.2, 0) is 11.2 Å². The smallest absolute Gasteiger partial charge is 0.261 e. The molecule has 1 aromatic carbocycles. The maximum absolute atomic E-state index is 12.8. The van der Waals surface area contributed by atoms with Gasteiger partial charge in [0.1, 0.15) is 0 Å². The number of anilines is 2. The topological polar surface area (TPSA) is 69.6 Å². The van der Waals surface area contributed by atoms with Crippen molar-refractivity contribution in [2.24, 2.45) is 0 Å². The van der Waals surface area contributed by atoms with Gasteiger partial charge in [-0.1, -0.05) is 18.2 Å². The molecule has 7 nitrogen and oxygen atoms in total. The number of hydrogen-bond acceptors (Lipinski definition) is 5. The van der Waals surface area contributed by atoms with Gasteiger partial charge in [-0.05, 0) is 18.1 Å². The molecule has 2 amide bonds. The molecular formula is C18H19N5O2. The summed E-state index contributed by atoms with van der Waals surface area (Å²) < 4.78 is 0. The van der Waals surface area contributed by atoms with E-state index < -0.39 is 0 Å². The van der Waals surface area contributed by atoms with Crippen molar-refractivity contribution in [3.63, 3.8) is 0 Å². The van der Waals surface area contributed by atoms with Crippen molar-refractivity contribution in [1.82, 2.24) is 14.9 Å². The molecule has 0 saturated carbocycles. The Balaban J connectivity index is 1.47. The monoisotopic (exact) mass is 337 g/mol. The Bertz CT molecular complexity index is 784. The molecule has 0 spiro atoms. The number of amides is 2. The predicted molar refractivity (Wildman–Crippen MR) is 93.7 cm³/mol. The zero-order valence-corrected chi connectivity index (χ0v) is 13.8. The van der Waals surface area contributed by atoms with Crippen molar-refractivity contribution in [3.05, 3.63) is 47.8 Å². The number of para-hydroxylation sites is 1. The fourth-order valence-electron chi connectivity index (χ4n) is 3.33. The second-order valence-electron chi connectivity index (χ2n) is 6.24. The van der Waals surface area contributed by atoms with Crippen molar-refractivity contribution >= 4 is 24.0 Å². The van der Waals surface area contributed by atoms with E-state index >= 15 is 0 Å². The van der Waals surface area contributed by atoms with Gasteiger partial charge in [0.25, 0.3) is 5.91 Å². The number of rotatable bonds is 3. The molecule has 2 aliphatic heterocycles. The first-order valence-electron chi connectivity index (χ1n) is 8.42. The highest BCUT2D eigenvalue weighted by Gasteiger charge is 2.26. The number of carbonyl (C=O) groups is 2. The van der Waals surface area contributed by atoms with E-state index in [-0.39, 0.29) is 5.91 Å². The summed E-state index contributed by atoms with van der Waals surface area (Å²) in [6.07, 6.45) is 4.94. The van der Waals surface area contributed by atoms with E-state index in [4.69, 9.17) is 0 Å². The van der Waals surface area contributed by atoms with E-state index in [0.29, 0.717) is 44.2 Å². The first kappa shape index (κ1) is 15.6. The summed E-state index contributed by atoms with van der Waals surface area (Å²) in [5.74, 6) is 0.534. The molecular weight excluding hydrogens is 318 g/mol. The van der Waals surface area contributed by atoms with Crippen LogP contribution in [0.25, 0.3) is 0 Å². The van der Waals surface area contributed by atoms with Gasteiger partial charge in [-0.3, -0.25) is 9.59 Å². The minimum Gasteiger partial charge on any atom is -0.342 e. The summed E-state index contributed by atoms with van der Waals surface area (Å²) >= 11 is 0. The fraction of sp³-hybridized carbons (Fsp3) is 0.333. The molecule has 1 fully saturated rings. The molecule has 128 valence electrons. The molecule has 0 unspecified atom stereocenters. The van der Waals surface area contributed by atoms with Crippen LogP contribution in [0.1, 0.15) is 15.9 Å². The van der Waals surface area contributed by atoms with Crippen LogP contribution in [0.15, 0.2) is 36.7 Å². The number of piperazine rings is 1. The highest BCUT2D eigenvalue weighted by molar-refractivity contribution is 6.06. The van der Waals surface area contributed by atoms with Gasteiger partial charge in [-0.2, -0.15) is 0 Å². The van der Waals surface area contributed by atoms with Gasteiger partial charge in [0.15, 0.2) is 0 Å². The van der Waals surface area contributed by atoms with Gasteiger partial charge in [0.05, 0.1) is 5.56 Å². The molecule has 1 saturated heterocycles. The van der Waals surface area contributed by atoms with Crippen molar-refractivity contribution < 1.29 is 9.59 Å². The van der Waals surface area contributed by atoms with Crippen LogP contribution in [0.3, 0.4) is 0 Å². The molecule has 2 aromatic rings. The Morgan fingerprint density at radius 3 is 2.44 bits per heavy atom. The molecule has 2 aliphatic rings. The number of hydrogen-bond donors (Lipinski definition) is 0. The Hall–Kier alpha value is -2.96. The average molecular weight is 337 g/mol. The van der Waals surface area contributed by atoms with Gasteiger partial charge in [-0.15, -0.1) is 0 Å². The number of aromatic nitrogens is 2. The molecule has 0 radical (unpaired) electrons. The van der Waals surface area contributed by atoms with Crippen LogP contribution in [0.2, 0.25) is 0 Å². The molecule has 0 N–H and O–H groups in total. The van der Waals surface area contributed by atoms with Crippen molar-refractivity contribution in [2.45, 2.75) is 6.42 Å². The molecule has 3 heterocycles. The average Bonchev–Trinajstić information content (AvgIpc) is 3.12. The van der Waals surface area contributed by atoms with Crippen LogP contribution >= 0.6 is 0 Å². The number of benzene rings is 1. The molecule has 4 rings (SSSR count). The molecule has 1 aromatic heterocycles. The normalized spacial score (nSPS) is 16.7. The quantitative estimate of drug-likeness (QED) is 0.780. The van der Waals surface area contributed by atoms with E-state index in [1.54, 1.807) is 22.2 Å². The van der Waals surface area contributed by atoms with E-state index in [9.17, 15) is 9.59 Å². The highest BCUT2D eigenvalue weighted by atomic mass is 16.2. The van der Waals surface area contributed by atoms with E-state index in [0.717, 1.165) is 18.5 Å². The van der Waals surface area contributed by atoms with Gasteiger partial charge >= 0.3 is 0 Å². The van der Waals surface area contributed by atoms with Crippen molar-refractivity contribution in [2.75, 3.05) is 42.5 Å². The minimum absolute atomic E-state index is 0.0673. The SMILES string of the molecule is O=CN1CCN(c2ncc(C(=O)N3CCc4ccccc43)cn2)CC1. The Kier molecular flexibility index (Phi) is 4.05. The standard InChI is InChI=1S/C18H19N5O2/c24-13-21-7-9-22(10-8-21)18-19-11-15(12-20-18)17(25)23-6-5-14-3-1-2-4-16(14)23/h1-4,11-13H,5-10H2. The van der Waals surface area contributed by atoms with Gasteiger partial charge in [0.2, 0.25) is 12.4 Å². The Morgan fingerprint density at radius 1 is 1.00 bits per heavy atom. The summed E-state index contributed by atoms with van der Waals surface area (Å²) in [5.41, 5.74) is 2.66. The number of nitrogens with zero attached hydrogens (tertiary/aromatic N) is 5. The minimum atomic E-state index is -0.0673. The lowest BCUT2D eigenvalue weighted by atomic mass is 10.2. The summed E-state index contributed by atoms with van der Waals surface area (Å²) in [6, 6.07) is 7.97. The lowest BCUT2D eigenvalue weighted by Crippen LogP contribution is -2.46. The second kappa shape index (κ2) is 6.51. The maximum Gasteiger partial charge on any atom is 0.261 e. The lowest BCUT2D eigenvalue weighted by molar-refractivity contribution is -0.118. The van der Waals surface area contributed by atoms with E-state index in [2.05, 4.69) is 16.0 Å². The molecule has 0 aliphatic carbocycles. The van der Waals surface area contributed by atoms with Crippen molar-refractivity contribution in [3.8, 4) is 0 Å². The van der Waals surface area contributed by atoms with E-state index in [1.807, 2.05) is 23.1 Å². The largest absolute Gasteiger partial charge is 0.342 e. The maximum atomic E-state index is 12.8. The molecule has 0 atom stereocenters. The van der Waals surface area contributed by atoms with Gasteiger partial charge in [-0.25, -0.2) is 9.97 Å². The van der Waals surface area contributed by atoms with Crippen LogP contribution in [0, 0.1) is 0 Å². The zero-order chi connectivity index (χ0) is 17.2. The zero-order valence-electron chi connectivity index (χ0n) is 13.8. The fourth-order valence-corrected chi connectivity index (χ4v) is 3.33. The van der Waals surface area contributed by atoms with Crippen LogP contribution in [-0.4, -0.2) is 59.9 Å². The number of fused-ring (bicyclic) bond motifs is 1. The Morgan fingerprint density at radius 2 is 1.72 bits per heavy atom. The summed E-state index contributed by atoms with van der Waals surface area (Å²) in [7, 11) is 0. The third-order valence-corrected chi connectivity index (χ3v) is 4.76. The highest BCUT2D eigenvalue weighted by Crippen LogP contribution is 2.28. The molecule has 0 bridgehead atoms. The third kappa shape index (κ3) is 2.93. The summed E-state index contributed by atoms with van der Waals surface area (Å²) in [6.45, 7) is 3.42. The van der Waals surface area contributed by atoms with Crippen molar-refractivity contribution in [1.29, 1.82) is 0 Å². The lowest BCUT2D eigenvalue weighted by Gasteiger charge is -2.32. The number of carbonyl (C=O) groups excluding carboxylic acids is 2. The summed E-state index contributed by atoms with van der Waals surface area (Å²) in [5, 5.41) is 0. The van der Waals surface area contributed by atoms with Crippen LogP contribution < -0.4 is 9.80 Å². The van der Waals surface area contributed by atoms with Crippen LogP contribution in [0.4, 0.5) is 11.6 Å². The second-order valence-corrected chi connectivity index (χ2v) is 6.24. The summed E-state index contributed by atoms with van der Waals surface area (Å²) in [4.78, 5) is 37.8. The first-order valence-corrected chi connectivity index (χ1v) is 8.42. The first-order chi connectivity index (χ1) is 12.3. The third-order valence-electron chi connectivity index (χ3n) is 4.76. The molecule has 7 heteroatoms. The Labute approximate surface area is 145 Å². The predicted octanol–water partition coefficient (Wildman–Crippen LogP) is 0.958. The van der Waals surface area contributed by atoms with Gasteiger partial charge in [0, 0.05) is 50.8 Å².